The van der Waals surface area contributed by atoms with Crippen molar-refractivity contribution < 1.29 is 9.59 Å². The Balaban J connectivity index is 1.94. The number of benzene rings is 2. The van der Waals surface area contributed by atoms with Gasteiger partial charge in [-0.25, -0.2) is 0 Å². The van der Waals surface area contributed by atoms with E-state index in [1.165, 1.54) is 5.56 Å². The molecule has 0 fully saturated rings. The molecule has 0 radical (unpaired) electrons. The summed E-state index contributed by atoms with van der Waals surface area (Å²) in [5.41, 5.74) is 3.49. The molecular formula is C21H26N2O2. The van der Waals surface area contributed by atoms with Crippen LogP contribution in [0.15, 0.2) is 48.5 Å². The highest BCUT2D eigenvalue weighted by molar-refractivity contribution is 5.95. The molecule has 0 aliphatic heterocycles. The summed E-state index contributed by atoms with van der Waals surface area (Å²) < 4.78 is 0. The summed E-state index contributed by atoms with van der Waals surface area (Å²) in [6.07, 6.45) is 0. The minimum absolute atomic E-state index is 0.0703. The minimum atomic E-state index is -0.103. The van der Waals surface area contributed by atoms with Gasteiger partial charge in [-0.1, -0.05) is 45.0 Å². The molecule has 0 aliphatic carbocycles. The molecule has 2 aromatic carbocycles. The minimum Gasteiger partial charge on any atom is -0.352 e. The maximum atomic E-state index is 12.3. The summed E-state index contributed by atoms with van der Waals surface area (Å²) in [5, 5.41) is 5.67. The van der Waals surface area contributed by atoms with E-state index in [4.69, 9.17) is 0 Å². The van der Waals surface area contributed by atoms with Gasteiger partial charge in [0.15, 0.2) is 0 Å². The first-order chi connectivity index (χ1) is 11.8. The smallest absolute Gasteiger partial charge is 0.251 e. The predicted octanol–water partition coefficient (Wildman–Crippen LogP) is 3.66. The van der Waals surface area contributed by atoms with Crippen LogP contribution in [-0.2, 0) is 12.0 Å². The summed E-state index contributed by atoms with van der Waals surface area (Å²) in [4.78, 5) is 24.0. The first-order valence-electron chi connectivity index (χ1n) is 8.57. The van der Waals surface area contributed by atoms with Crippen molar-refractivity contribution in [3.63, 3.8) is 0 Å². The molecule has 0 heterocycles. The highest BCUT2D eigenvalue weighted by atomic mass is 16.2. The maximum absolute atomic E-state index is 12.3. The van der Waals surface area contributed by atoms with Crippen molar-refractivity contribution in [1.29, 1.82) is 0 Å². The molecule has 0 aromatic heterocycles. The van der Waals surface area contributed by atoms with Crippen LogP contribution in [0.25, 0.3) is 0 Å². The molecule has 0 unspecified atom stereocenters. The lowest BCUT2D eigenvalue weighted by atomic mass is 9.87. The lowest BCUT2D eigenvalue weighted by molar-refractivity contribution is 0.0943. The Bertz CT molecular complexity index is 726. The van der Waals surface area contributed by atoms with Crippen molar-refractivity contribution in [2.45, 2.75) is 39.7 Å². The van der Waals surface area contributed by atoms with E-state index in [1.807, 2.05) is 43.3 Å². The standard InChI is InChI=1S/C21H26N2O2/c1-5-22-19(24)16-8-6-15(7-9-16)14-23-20(25)17-10-12-18(13-11-17)21(2,3)4/h6-13H,5,14H2,1-4H3,(H,22,24)(H,23,25). The SMILES string of the molecule is CCNC(=O)c1ccc(CNC(=O)c2ccc(C(C)(C)C)cc2)cc1. The highest BCUT2D eigenvalue weighted by Crippen LogP contribution is 2.22. The fraction of sp³-hybridized carbons (Fsp3) is 0.333. The summed E-state index contributed by atoms with van der Waals surface area (Å²) in [6, 6.07) is 14.9. The van der Waals surface area contributed by atoms with E-state index in [9.17, 15) is 9.59 Å². The van der Waals surface area contributed by atoms with Crippen LogP contribution in [0, 0.1) is 0 Å². The second kappa shape index (κ2) is 7.97. The van der Waals surface area contributed by atoms with Crippen molar-refractivity contribution in [3.05, 3.63) is 70.8 Å². The second-order valence-corrected chi connectivity index (χ2v) is 7.07. The monoisotopic (exact) mass is 338 g/mol. The number of nitrogens with one attached hydrogen (secondary N) is 2. The Hall–Kier alpha value is -2.62. The topological polar surface area (TPSA) is 58.2 Å². The van der Waals surface area contributed by atoms with Gasteiger partial charge in [0.1, 0.15) is 0 Å². The molecule has 2 N–H and O–H groups in total. The van der Waals surface area contributed by atoms with Crippen molar-refractivity contribution in [1.82, 2.24) is 10.6 Å². The molecule has 2 aromatic rings. The van der Waals surface area contributed by atoms with Gasteiger partial charge in [-0.15, -0.1) is 0 Å². The lowest BCUT2D eigenvalue weighted by Gasteiger charge is -2.19. The van der Waals surface area contributed by atoms with Gasteiger partial charge < -0.3 is 10.6 Å². The fourth-order valence-electron chi connectivity index (χ4n) is 2.44. The first-order valence-corrected chi connectivity index (χ1v) is 8.57. The van der Waals surface area contributed by atoms with E-state index in [2.05, 4.69) is 31.4 Å². The number of amides is 2. The van der Waals surface area contributed by atoms with E-state index >= 15 is 0 Å². The van der Waals surface area contributed by atoms with Crippen molar-refractivity contribution in [2.75, 3.05) is 6.54 Å². The third-order valence-corrected chi connectivity index (χ3v) is 4.02. The zero-order valence-corrected chi connectivity index (χ0v) is 15.3. The summed E-state index contributed by atoms with van der Waals surface area (Å²) in [6.45, 7) is 9.35. The van der Waals surface area contributed by atoms with Gasteiger partial charge in [0.2, 0.25) is 0 Å². The van der Waals surface area contributed by atoms with E-state index in [0.717, 1.165) is 5.56 Å². The van der Waals surface area contributed by atoms with Crippen LogP contribution < -0.4 is 10.6 Å². The van der Waals surface area contributed by atoms with Gasteiger partial charge in [0.25, 0.3) is 11.8 Å². The van der Waals surface area contributed by atoms with Crippen molar-refractivity contribution in [3.8, 4) is 0 Å². The molecule has 0 bridgehead atoms. The first kappa shape index (κ1) is 18.7. The molecule has 132 valence electrons. The third-order valence-electron chi connectivity index (χ3n) is 4.02. The molecule has 4 nitrogen and oxygen atoms in total. The largest absolute Gasteiger partial charge is 0.352 e. The molecule has 0 saturated heterocycles. The van der Waals surface area contributed by atoms with Gasteiger partial charge in [-0.3, -0.25) is 9.59 Å². The average molecular weight is 338 g/mol. The Morgan fingerprint density at radius 2 is 1.28 bits per heavy atom. The molecule has 25 heavy (non-hydrogen) atoms. The number of carbonyl (C=O) groups excluding carboxylic acids is 2. The van der Waals surface area contributed by atoms with Crippen LogP contribution in [0.1, 0.15) is 59.5 Å². The number of hydrogen-bond acceptors (Lipinski definition) is 2. The van der Waals surface area contributed by atoms with E-state index in [-0.39, 0.29) is 17.2 Å². The fourth-order valence-corrected chi connectivity index (χ4v) is 2.44. The van der Waals surface area contributed by atoms with Crippen LogP contribution in [-0.4, -0.2) is 18.4 Å². The van der Waals surface area contributed by atoms with E-state index < -0.39 is 0 Å². The third kappa shape index (κ3) is 5.18. The molecule has 0 atom stereocenters. The van der Waals surface area contributed by atoms with Crippen LogP contribution in [0.2, 0.25) is 0 Å². The zero-order chi connectivity index (χ0) is 18.4. The number of rotatable bonds is 5. The summed E-state index contributed by atoms with van der Waals surface area (Å²) >= 11 is 0. The Labute approximate surface area is 149 Å². The van der Waals surface area contributed by atoms with E-state index in [0.29, 0.717) is 24.2 Å². The van der Waals surface area contributed by atoms with E-state index in [1.54, 1.807) is 12.1 Å². The Kier molecular flexibility index (Phi) is 5.97. The van der Waals surface area contributed by atoms with Gasteiger partial charge in [0.05, 0.1) is 0 Å². The molecule has 4 heteroatoms. The quantitative estimate of drug-likeness (QED) is 0.874. The molecule has 2 amide bonds. The predicted molar refractivity (Wildman–Crippen MR) is 101 cm³/mol. The summed E-state index contributed by atoms with van der Waals surface area (Å²) in [7, 11) is 0. The summed E-state index contributed by atoms with van der Waals surface area (Å²) in [5.74, 6) is -0.190. The van der Waals surface area contributed by atoms with Crippen molar-refractivity contribution in [2.24, 2.45) is 0 Å². The number of hydrogen-bond donors (Lipinski definition) is 2. The number of carbonyl (C=O) groups is 2. The van der Waals surface area contributed by atoms with Crippen LogP contribution in [0.3, 0.4) is 0 Å². The molecule has 0 saturated carbocycles. The zero-order valence-electron chi connectivity index (χ0n) is 15.3. The van der Waals surface area contributed by atoms with Gasteiger partial charge in [-0.05, 0) is 47.7 Å². The average Bonchev–Trinajstić information content (AvgIpc) is 2.59. The Morgan fingerprint density at radius 3 is 1.76 bits per heavy atom. The van der Waals surface area contributed by atoms with Crippen LogP contribution >= 0.6 is 0 Å². The van der Waals surface area contributed by atoms with Crippen LogP contribution in [0.4, 0.5) is 0 Å². The molecule has 2 rings (SSSR count). The van der Waals surface area contributed by atoms with Gasteiger partial charge in [0, 0.05) is 24.2 Å². The molecule has 0 spiro atoms. The van der Waals surface area contributed by atoms with Gasteiger partial charge >= 0.3 is 0 Å². The lowest BCUT2D eigenvalue weighted by Crippen LogP contribution is -2.24. The Morgan fingerprint density at radius 1 is 0.800 bits per heavy atom. The highest BCUT2D eigenvalue weighted by Gasteiger charge is 2.14. The van der Waals surface area contributed by atoms with Crippen molar-refractivity contribution >= 4 is 11.8 Å². The maximum Gasteiger partial charge on any atom is 0.251 e. The second-order valence-electron chi connectivity index (χ2n) is 7.07. The normalized spacial score (nSPS) is 11.0. The van der Waals surface area contributed by atoms with Crippen LogP contribution in [0.5, 0.6) is 0 Å². The molecule has 0 aliphatic rings. The molecular weight excluding hydrogens is 312 g/mol. The van der Waals surface area contributed by atoms with Gasteiger partial charge in [-0.2, -0.15) is 0 Å².